The Balaban J connectivity index is 1.81. The molecule has 1 fully saturated rings. The molecule has 1 rings (SSSR count). The van der Waals surface area contributed by atoms with Crippen LogP contribution in [0.3, 0.4) is 0 Å². The average Bonchev–Trinajstić information content (AvgIpc) is 3.01. The van der Waals surface area contributed by atoms with Gasteiger partial charge in [-0.2, -0.15) is 0 Å². The molecule has 8 nitrogen and oxygen atoms in total. The molecular weight excluding hydrogens is 448 g/mol. The van der Waals surface area contributed by atoms with Crippen LogP contribution < -0.4 is 11.1 Å². The highest BCUT2D eigenvalue weighted by Crippen LogP contribution is 2.35. The second kappa shape index (κ2) is 18.2. The zero-order valence-corrected chi connectivity index (χ0v) is 20.7. The second-order valence-corrected chi connectivity index (χ2v) is 10.1. The fourth-order valence-electron chi connectivity index (χ4n) is 4.00. The van der Waals surface area contributed by atoms with Gasteiger partial charge in [0.15, 0.2) is 5.91 Å². The predicted molar refractivity (Wildman–Crippen MR) is 128 cm³/mol. The molecule has 0 aromatic carbocycles. The SMILES string of the molecule is NC1CC(=O)N(CCNC(=O)CCCCCCCCCCCCCCCC(F)P(O)O)C1=O. The minimum absolute atomic E-state index is 0.0465. The summed E-state index contributed by atoms with van der Waals surface area (Å²) in [6.07, 6.45) is 15.0. The Labute approximate surface area is 198 Å². The van der Waals surface area contributed by atoms with Gasteiger partial charge in [0.25, 0.3) is 0 Å². The fraction of sp³-hybridized carbons (Fsp3) is 0.870. The first-order chi connectivity index (χ1) is 15.8. The van der Waals surface area contributed by atoms with Gasteiger partial charge in [-0.05, 0) is 12.8 Å². The van der Waals surface area contributed by atoms with E-state index in [2.05, 4.69) is 5.32 Å². The highest BCUT2D eigenvalue weighted by molar-refractivity contribution is 7.45. The number of hydrogen-bond donors (Lipinski definition) is 4. The Kier molecular flexibility index (Phi) is 16.5. The summed E-state index contributed by atoms with van der Waals surface area (Å²) in [5.74, 6) is -2.13. The average molecular weight is 492 g/mol. The van der Waals surface area contributed by atoms with E-state index in [-0.39, 0.29) is 43.7 Å². The molecule has 0 aliphatic carbocycles. The third-order valence-corrected chi connectivity index (χ3v) is 6.79. The van der Waals surface area contributed by atoms with Crippen molar-refractivity contribution in [3.05, 3.63) is 0 Å². The zero-order chi connectivity index (χ0) is 24.5. The van der Waals surface area contributed by atoms with Crippen LogP contribution in [0.25, 0.3) is 0 Å². The van der Waals surface area contributed by atoms with Crippen LogP contribution in [-0.2, 0) is 14.4 Å². The van der Waals surface area contributed by atoms with Gasteiger partial charge in [0.1, 0.15) is 0 Å². The van der Waals surface area contributed by atoms with Crippen LogP contribution in [0.15, 0.2) is 0 Å². The highest BCUT2D eigenvalue weighted by Gasteiger charge is 2.35. The first-order valence-corrected chi connectivity index (χ1v) is 13.8. The summed E-state index contributed by atoms with van der Waals surface area (Å²) >= 11 is 0. The molecule has 0 aromatic rings. The van der Waals surface area contributed by atoms with E-state index in [1.807, 2.05) is 0 Å². The number of carbonyl (C=O) groups excluding carboxylic acids is 3. The second-order valence-electron chi connectivity index (χ2n) is 8.93. The van der Waals surface area contributed by atoms with E-state index in [1.54, 1.807) is 0 Å². The van der Waals surface area contributed by atoms with Crippen LogP contribution in [0.5, 0.6) is 0 Å². The number of nitrogens with zero attached hydrogens (tertiary/aromatic N) is 1. The van der Waals surface area contributed by atoms with Gasteiger partial charge in [-0.15, -0.1) is 0 Å². The molecule has 33 heavy (non-hydrogen) atoms. The van der Waals surface area contributed by atoms with Gasteiger partial charge in [-0.25, -0.2) is 4.39 Å². The third-order valence-electron chi connectivity index (χ3n) is 6.03. The van der Waals surface area contributed by atoms with Gasteiger partial charge in [0.05, 0.1) is 12.5 Å². The van der Waals surface area contributed by atoms with Crippen molar-refractivity contribution < 1.29 is 28.6 Å². The molecule has 2 unspecified atom stereocenters. The van der Waals surface area contributed by atoms with Gasteiger partial charge in [0.2, 0.25) is 26.1 Å². The quantitative estimate of drug-likeness (QED) is 0.117. The number of rotatable bonds is 20. The van der Waals surface area contributed by atoms with Crippen LogP contribution >= 0.6 is 8.38 Å². The summed E-state index contributed by atoms with van der Waals surface area (Å²) < 4.78 is 13.0. The summed E-state index contributed by atoms with van der Waals surface area (Å²) in [4.78, 5) is 53.8. The maximum Gasteiger partial charge on any atom is 0.246 e. The van der Waals surface area contributed by atoms with Crippen molar-refractivity contribution >= 4 is 26.1 Å². The normalized spacial score (nSPS) is 17.2. The lowest BCUT2D eigenvalue weighted by molar-refractivity contribution is -0.139. The Hall–Kier alpha value is -1.15. The lowest BCUT2D eigenvalue weighted by Gasteiger charge is -2.14. The minimum Gasteiger partial charge on any atom is -0.354 e. The molecule has 0 radical (unpaired) electrons. The molecule has 0 spiro atoms. The number of imide groups is 1. The van der Waals surface area contributed by atoms with Crippen molar-refractivity contribution in [1.82, 2.24) is 10.2 Å². The van der Waals surface area contributed by atoms with Crippen LogP contribution in [0.4, 0.5) is 4.39 Å². The molecule has 2 atom stereocenters. The van der Waals surface area contributed by atoms with E-state index >= 15 is 0 Å². The lowest BCUT2D eigenvalue weighted by atomic mass is 10.0. The molecular formula is C23H43FN3O5P. The molecule has 192 valence electrons. The number of amides is 3. The zero-order valence-electron chi connectivity index (χ0n) is 19.9. The topological polar surface area (TPSA) is 133 Å². The van der Waals surface area contributed by atoms with Crippen molar-refractivity contribution in [1.29, 1.82) is 0 Å². The van der Waals surface area contributed by atoms with Crippen LogP contribution in [0.2, 0.25) is 0 Å². The molecule has 3 amide bonds. The number of halogens is 1. The molecule has 1 heterocycles. The fourth-order valence-corrected chi connectivity index (χ4v) is 4.41. The smallest absolute Gasteiger partial charge is 0.246 e. The van der Waals surface area contributed by atoms with Gasteiger partial charge in [-0.1, -0.05) is 77.0 Å². The summed E-state index contributed by atoms with van der Waals surface area (Å²) in [7, 11) is -2.42. The number of nitrogens with two attached hydrogens (primary N) is 1. The summed E-state index contributed by atoms with van der Waals surface area (Å²) in [6.45, 7) is 0.461. The number of likely N-dealkylation sites (tertiary alicyclic amines) is 1. The molecule has 0 bridgehead atoms. The van der Waals surface area contributed by atoms with Crippen LogP contribution in [-0.4, -0.2) is 57.5 Å². The Morgan fingerprint density at radius 3 is 1.91 bits per heavy atom. The monoisotopic (exact) mass is 491 g/mol. The Morgan fingerprint density at radius 2 is 1.45 bits per heavy atom. The number of unbranched alkanes of at least 4 members (excludes halogenated alkanes) is 12. The highest BCUT2D eigenvalue weighted by atomic mass is 31.2. The molecule has 0 aromatic heterocycles. The summed E-state index contributed by atoms with van der Waals surface area (Å²) in [6, 6.07) is -0.739. The number of carbonyl (C=O) groups is 3. The van der Waals surface area contributed by atoms with Crippen LogP contribution in [0, 0.1) is 0 Å². The standard InChI is InChI=1S/C23H43FN3O5P/c24-20(33(31)32)14-12-10-8-6-4-2-1-3-5-7-9-11-13-15-21(28)26-16-17-27-22(29)18-19(25)23(27)30/h19-20,31-32H,1-18,25H2,(H,26,28). The van der Waals surface area contributed by atoms with Gasteiger partial charge >= 0.3 is 0 Å². The first-order valence-electron chi connectivity index (χ1n) is 12.5. The van der Waals surface area contributed by atoms with E-state index < -0.39 is 20.3 Å². The van der Waals surface area contributed by atoms with Gasteiger partial charge < -0.3 is 20.8 Å². The minimum atomic E-state index is -2.42. The third kappa shape index (κ3) is 14.0. The maximum absolute atomic E-state index is 13.0. The van der Waals surface area contributed by atoms with E-state index in [1.165, 1.54) is 38.5 Å². The molecule has 0 saturated carbocycles. The van der Waals surface area contributed by atoms with Crippen molar-refractivity contribution in [2.24, 2.45) is 5.73 Å². The predicted octanol–water partition coefficient (Wildman–Crippen LogP) is 3.63. The summed E-state index contributed by atoms with van der Waals surface area (Å²) in [5.41, 5.74) is 5.55. The summed E-state index contributed by atoms with van der Waals surface area (Å²) in [5, 5.41) is 2.76. The first kappa shape index (κ1) is 29.9. The van der Waals surface area contributed by atoms with Crippen molar-refractivity contribution in [2.75, 3.05) is 13.1 Å². The van der Waals surface area contributed by atoms with E-state index in [0.29, 0.717) is 6.42 Å². The number of nitrogens with one attached hydrogen (secondary N) is 1. The lowest BCUT2D eigenvalue weighted by Crippen LogP contribution is -2.40. The van der Waals surface area contributed by atoms with Crippen molar-refractivity contribution in [2.45, 2.75) is 115 Å². The van der Waals surface area contributed by atoms with E-state index in [0.717, 1.165) is 49.8 Å². The Bertz CT molecular complexity index is 582. The number of alkyl halides is 1. The molecule has 1 aliphatic heterocycles. The largest absolute Gasteiger partial charge is 0.354 e. The van der Waals surface area contributed by atoms with Crippen LogP contribution in [0.1, 0.15) is 103 Å². The van der Waals surface area contributed by atoms with Gasteiger partial charge in [0, 0.05) is 19.5 Å². The Morgan fingerprint density at radius 1 is 0.970 bits per heavy atom. The maximum atomic E-state index is 13.0. The van der Waals surface area contributed by atoms with E-state index in [4.69, 9.17) is 15.5 Å². The van der Waals surface area contributed by atoms with E-state index in [9.17, 15) is 18.8 Å². The molecule has 1 saturated heterocycles. The molecule has 10 heteroatoms. The molecule has 1 aliphatic rings. The van der Waals surface area contributed by atoms with Gasteiger partial charge in [-0.3, -0.25) is 19.3 Å². The molecule has 5 N–H and O–H groups in total. The number of hydrogen-bond acceptors (Lipinski definition) is 6. The van der Waals surface area contributed by atoms with Crippen molar-refractivity contribution in [3.63, 3.8) is 0 Å². The van der Waals surface area contributed by atoms with Crippen molar-refractivity contribution in [3.8, 4) is 0 Å².